The Morgan fingerprint density at radius 2 is 1.35 bits per heavy atom. The number of fused-ring (bicyclic) bond motifs is 4. The van der Waals surface area contributed by atoms with E-state index < -0.39 is 0 Å². The maximum atomic E-state index is 11.7. The Kier molecular flexibility index (Phi) is 4.63. The normalized spacial score (nSPS) is 13.9. The number of benzene rings is 5. The molecule has 5 aromatic rings. The molecular formula is C32H25NO. The van der Waals surface area contributed by atoms with E-state index in [0.717, 1.165) is 23.2 Å². The molecule has 0 amide bonds. The summed E-state index contributed by atoms with van der Waals surface area (Å²) >= 11 is 0. The molecule has 0 aliphatic carbocycles. The molecule has 1 aliphatic rings. The molecular weight excluding hydrogens is 414 g/mol. The number of anilines is 3. The Morgan fingerprint density at radius 1 is 0.676 bits per heavy atom. The van der Waals surface area contributed by atoms with Crippen molar-refractivity contribution in [3.8, 4) is 11.1 Å². The summed E-state index contributed by atoms with van der Waals surface area (Å²) in [5.74, 6) is 0. The van der Waals surface area contributed by atoms with Gasteiger partial charge in [-0.2, -0.15) is 0 Å². The molecule has 0 radical (unpaired) electrons. The van der Waals surface area contributed by atoms with Gasteiger partial charge in [0.15, 0.2) is 0 Å². The smallest absolute Gasteiger partial charge is 0.150 e. The summed E-state index contributed by atoms with van der Waals surface area (Å²) in [6.45, 7) is 4.53. The summed E-state index contributed by atoms with van der Waals surface area (Å²) in [5, 5.41) is 2.47. The van der Waals surface area contributed by atoms with Crippen LogP contribution in [0, 0.1) is 0 Å². The maximum absolute atomic E-state index is 11.7. The molecule has 5 aromatic carbocycles. The van der Waals surface area contributed by atoms with E-state index in [2.05, 4.69) is 116 Å². The molecule has 1 aliphatic heterocycles. The molecule has 0 spiro atoms. The van der Waals surface area contributed by atoms with E-state index in [9.17, 15) is 4.79 Å². The van der Waals surface area contributed by atoms with Crippen molar-refractivity contribution in [1.82, 2.24) is 0 Å². The molecule has 0 fully saturated rings. The first-order valence-electron chi connectivity index (χ1n) is 11.7. The van der Waals surface area contributed by atoms with Crippen molar-refractivity contribution in [2.45, 2.75) is 19.3 Å². The van der Waals surface area contributed by atoms with Gasteiger partial charge in [-0.3, -0.25) is 4.79 Å². The van der Waals surface area contributed by atoms with Crippen molar-refractivity contribution >= 4 is 34.1 Å². The van der Waals surface area contributed by atoms with Gasteiger partial charge in [-0.05, 0) is 69.4 Å². The third kappa shape index (κ3) is 3.07. The third-order valence-corrected chi connectivity index (χ3v) is 7.08. The predicted molar refractivity (Wildman–Crippen MR) is 142 cm³/mol. The largest absolute Gasteiger partial charge is 0.310 e. The quantitative estimate of drug-likeness (QED) is 0.263. The van der Waals surface area contributed by atoms with Gasteiger partial charge in [0.2, 0.25) is 0 Å². The second-order valence-corrected chi connectivity index (χ2v) is 9.45. The van der Waals surface area contributed by atoms with Crippen LogP contribution >= 0.6 is 0 Å². The zero-order chi connectivity index (χ0) is 23.3. The second kappa shape index (κ2) is 7.71. The van der Waals surface area contributed by atoms with Crippen molar-refractivity contribution in [2.75, 3.05) is 4.90 Å². The van der Waals surface area contributed by atoms with E-state index in [1.807, 2.05) is 12.1 Å². The van der Waals surface area contributed by atoms with E-state index in [1.54, 1.807) is 0 Å². The fourth-order valence-electron chi connectivity index (χ4n) is 5.40. The summed E-state index contributed by atoms with van der Waals surface area (Å²) in [4.78, 5) is 14.0. The second-order valence-electron chi connectivity index (χ2n) is 9.45. The molecule has 2 nitrogen and oxygen atoms in total. The first-order valence-corrected chi connectivity index (χ1v) is 11.7. The lowest BCUT2D eigenvalue weighted by atomic mass is 9.71. The van der Waals surface area contributed by atoms with Crippen molar-refractivity contribution in [3.05, 3.63) is 126 Å². The molecule has 0 unspecified atom stereocenters. The molecule has 0 atom stereocenters. The topological polar surface area (TPSA) is 20.3 Å². The van der Waals surface area contributed by atoms with Crippen LogP contribution in [0.4, 0.5) is 17.1 Å². The Balaban J connectivity index is 1.60. The Labute approximate surface area is 200 Å². The summed E-state index contributed by atoms with van der Waals surface area (Å²) < 4.78 is 0. The van der Waals surface area contributed by atoms with Crippen LogP contribution in [0.25, 0.3) is 21.9 Å². The molecule has 0 saturated heterocycles. The lowest BCUT2D eigenvalue weighted by Crippen LogP contribution is -2.31. The Bertz CT molecular complexity index is 1530. The number of nitrogens with zero attached hydrogens (tertiary/aromatic N) is 1. The first-order chi connectivity index (χ1) is 16.6. The van der Waals surface area contributed by atoms with E-state index in [1.165, 1.54) is 33.2 Å². The third-order valence-electron chi connectivity index (χ3n) is 7.08. The van der Waals surface area contributed by atoms with Crippen LogP contribution < -0.4 is 4.90 Å². The summed E-state index contributed by atoms with van der Waals surface area (Å²) in [7, 11) is 0. The number of carbonyl (C=O) groups excluding carboxylic acids is 1. The van der Waals surface area contributed by atoms with Gasteiger partial charge < -0.3 is 4.90 Å². The summed E-state index contributed by atoms with van der Waals surface area (Å²) in [6.07, 6.45) is 0.938. The van der Waals surface area contributed by atoms with Crippen LogP contribution in [0.2, 0.25) is 0 Å². The minimum Gasteiger partial charge on any atom is -0.310 e. The molecule has 0 bridgehead atoms. The standard InChI is InChI=1S/C32H25NO/c1-32(2)28-20-22(21-34)12-18-29(28)33(30-19-15-25-10-6-7-11-27(25)31(30)32)26-16-13-24(14-17-26)23-8-4-3-5-9-23/h3-21H,1-2H3. The molecule has 1 heterocycles. The lowest BCUT2D eigenvalue weighted by molar-refractivity contribution is 0.112. The van der Waals surface area contributed by atoms with E-state index in [4.69, 9.17) is 0 Å². The zero-order valence-electron chi connectivity index (χ0n) is 19.3. The van der Waals surface area contributed by atoms with Crippen LogP contribution in [0.3, 0.4) is 0 Å². The highest BCUT2D eigenvalue weighted by atomic mass is 16.1. The first kappa shape index (κ1) is 20.4. The molecule has 6 rings (SSSR count). The van der Waals surface area contributed by atoms with Crippen LogP contribution in [0.15, 0.2) is 109 Å². The lowest BCUT2D eigenvalue weighted by Gasteiger charge is -2.43. The van der Waals surface area contributed by atoms with Crippen LogP contribution in [-0.4, -0.2) is 6.29 Å². The number of hydrogen-bond donors (Lipinski definition) is 0. The average Bonchev–Trinajstić information content (AvgIpc) is 2.89. The summed E-state index contributed by atoms with van der Waals surface area (Å²) in [6, 6.07) is 38.3. The van der Waals surface area contributed by atoms with E-state index in [0.29, 0.717) is 5.56 Å². The number of hydrogen-bond acceptors (Lipinski definition) is 2. The highest BCUT2D eigenvalue weighted by Crippen LogP contribution is 2.54. The maximum Gasteiger partial charge on any atom is 0.150 e. The van der Waals surface area contributed by atoms with Crippen LogP contribution in [-0.2, 0) is 5.41 Å². The minimum absolute atomic E-state index is 0.259. The Hall–Kier alpha value is -4.17. The molecule has 0 N–H and O–H groups in total. The van der Waals surface area contributed by atoms with Gasteiger partial charge in [0.1, 0.15) is 6.29 Å². The molecule has 164 valence electrons. The van der Waals surface area contributed by atoms with E-state index in [-0.39, 0.29) is 5.41 Å². The van der Waals surface area contributed by atoms with Crippen molar-refractivity contribution in [1.29, 1.82) is 0 Å². The number of carbonyl (C=O) groups is 1. The highest BCUT2D eigenvalue weighted by Gasteiger charge is 2.38. The van der Waals surface area contributed by atoms with Gasteiger partial charge in [-0.25, -0.2) is 0 Å². The van der Waals surface area contributed by atoms with Crippen molar-refractivity contribution in [2.24, 2.45) is 0 Å². The van der Waals surface area contributed by atoms with Gasteiger partial charge in [0.05, 0.1) is 11.4 Å². The van der Waals surface area contributed by atoms with Gasteiger partial charge in [0, 0.05) is 16.7 Å². The predicted octanol–water partition coefficient (Wildman–Crippen LogP) is 8.43. The highest BCUT2D eigenvalue weighted by molar-refractivity contribution is 5.98. The van der Waals surface area contributed by atoms with Gasteiger partial charge in [0.25, 0.3) is 0 Å². The minimum atomic E-state index is -0.259. The monoisotopic (exact) mass is 439 g/mol. The van der Waals surface area contributed by atoms with E-state index >= 15 is 0 Å². The van der Waals surface area contributed by atoms with Crippen molar-refractivity contribution < 1.29 is 4.79 Å². The van der Waals surface area contributed by atoms with Crippen molar-refractivity contribution in [3.63, 3.8) is 0 Å². The molecule has 0 aromatic heterocycles. The SMILES string of the molecule is CC1(C)c2cc(C=O)ccc2N(c2ccc(-c3ccccc3)cc2)c2ccc3ccccc3c21. The fraction of sp³-hybridized carbons (Fsp3) is 0.0938. The van der Waals surface area contributed by atoms with Gasteiger partial charge >= 0.3 is 0 Å². The van der Waals surface area contributed by atoms with Crippen LogP contribution in [0.5, 0.6) is 0 Å². The zero-order valence-corrected chi connectivity index (χ0v) is 19.3. The summed E-state index contributed by atoms with van der Waals surface area (Å²) in [5.41, 5.74) is 8.69. The number of aldehydes is 1. The van der Waals surface area contributed by atoms with Gasteiger partial charge in [-0.15, -0.1) is 0 Å². The molecule has 34 heavy (non-hydrogen) atoms. The van der Waals surface area contributed by atoms with Gasteiger partial charge in [-0.1, -0.05) is 86.6 Å². The number of rotatable bonds is 3. The fourth-order valence-corrected chi connectivity index (χ4v) is 5.40. The van der Waals surface area contributed by atoms with Crippen LogP contribution in [0.1, 0.15) is 35.3 Å². The molecule has 2 heteroatoms. The Morgan fingerprint density at radius 3 is 2.12 bits per heavy atom. The molecule has 0 saturated carbocycles. The average molecular weight is 440 g/mol.